The van der Waals surface area contributed by atoms with Gasteiger partial charge in [0.15, 0.2) is 0 Å². The number of rotatable bonds is 0. The first kappa shape index (κ1) is 5.42. The standard InChI is InChI=1S/C9H4N/c1-2-6-9-8(4-1)5-3-7-10-9/h4-7H. The van der Waals surface area contributed by atoms with Gasteiger partial charge in [0, 0.05) is 17.6 Å². The van der Waals surface area contributed by atoms with Crippen molar-refractivity contribution in [2.24, 2.45) is 0 Å². The molecule has 45 valence electrons. The fourth-order valence-corrected chi connectivity index (χ4v) is 0.848. The van der Waals surface area contributed by atoms with Gasteiger partial charge in [-0.25, -0.2) is 0 Å². The highest BCUT2D eigenvalue weighted by Crippen LogP contribution is 2.06. The third kappa shape index (κ3) is 0.760. The number of aromatic nitrogens is 1. The number of nitrogens with zero attached hydrogens (tertiary/aromatic N) is 1. The highest BCUT2D eigenvalue weighted by Gasteiger charge is 1.87. The average Bonchev–Trinajstić information content (AvgIpc) is 2.05. The lowest BCUT2D eigenvalue weighted by Gasteiger charge is -1.90. The minimum Gasteiger partial charge on any atom is -0.256 e. The predicted molar refractivity (Wildman–Crippen MR) is 38.3 cm³/mol. The number of hydrogen-bond acceptors (Lipinski definition) is 1. The third-order valence-electron chi connectivity index (χ3n) is 1.33. The van der Waals surface area contributed by atoms with Crippen LogP contribution in [0.3, 0.4) is 0 Å². The van der Waals surface area contributed by atoms with E-state index in [0.29, 0.717) is 0 Å². The van der Waals surface area contributed by atoms with Crippen LogP contribution in [0.15, 0.2) is 24.4 Å². The van der Waals surface area contributed by atoms with E-state index in [1.165, 1.54) is 0 Å². The number of hydrogen-bond donors (Lipinski definition) is 0. The summed E-state index contributed by atoms with van der Waals surface area (Å²) in [5.74, 6) is 0. The molecule has 1 heteroatoms. The molecule has 0 fully saturated rings. The molecule has 0 unspecified atom stereocenters. The maximum absolute atomic E-state index is 4.07. The summed E-state index contributed by atoms with van der Waals surface area (Å²) < 4.78 is 0. The Labute approximate surface area is 59.3 Å². The molecule has 2 rings (SSSR count). The van der Waals surface area contributed by atoms with E-state index < -0.39 is 0 Å². The Morgan fingerprint density at radius 1 is 1.10 bits per heavy atom. The Morgan fingerprint density at radius 2 is 2.00 bits per heavy atom. The lowest BCUT2D eigenvalue weighted by molar-refractivity contribution is 1.40. The van der Waals surface area contributed by atoms with Gasteiger partial charge in [0.25, 0.3) is 0 Å². The summed E-state index contributed by atoms with van der Waals surface area (Å²) >= 11 is 0. The van der Waals surface area contributed by atoms with Gasteiger partial charge < -0.3 is 0 Å². The lowest BCUT2D eigenvalue weighted by Crippen LogP contribution is -1.74. The van der Waals surface area contributed by atoms with Crippen LogP contribution in [0.1, 0.15) is 0 Å². The van der Waals surface area contributed by atoms with E-state index in [4.69, 9.17) is 0 Å². The van der Waals surface area contributed by atoms with Crippen LogP contribution in [0.4, 0.5) is 0 Å². The zero-order valence-corrected chi connectivity index (χ0v) is 5.26. The summed E-state index contributed by atoms with van der Waals surface area (Å²) in [5.41, 5.74) is 0.942. The quantitative estimate of drug-likeness (QED) is 0.522. The van der Waals surface area contributed by atoms with E-state index in [0.717, 1.165) is 10.9 Å². The van der Waals surface area contributed by atoms with Crippen molar-refractivity contribution in [3.63, 3.8) is 0 Å². The smallest absolute Gasteiger partial charge is 0.0709 e. The van der Waals surface area contributed by atoms with E-state index in [-0.39, 0.29) is 0 Å². The molecule has 1 aromatic carbocycles. The van der Waals surface area contributed by atoms with E-state index >= 15 is 0 Å². The lowest BCUT2D eigenvalue weighted by atomic mass is 10.2. The zero-order chi connectivity index (χ0) is 6.81. The van der Waals surface area contributed by atoms with E-state index in [1.807, 2.05) is 18.2 Å². The second-order valence-corrected chi connectivity index (χ2v) is 1.99. The molecule has 10 heavy (non-hydrogen) atoms. The Balaban J connectivity index is 2.89. The van der Waals surface area contributed by atoms with Crippen LogP contribution in [-0.4, -0.2) is 4.98 Å². The summed E-state index contributed by atoms with van der Waals surface area (Å²) in [6.07, 6.45) is 1.65. The van der Waals surface area contributed by atoms with Crippen LogP contribution in [0.5, 0.6) is 0 Å². The molecule has 1 nitrogen and oxygen atoms in total. The van der Waals surface area contributed by atoms with Crippen molar-refractivity contribution in [3.05, 3.63) is 42.6 Å². The molecular formula is C9H4N. The van der Waals surface area contributed by atoms with Crippen LogP contribution in [0.25, 0.3) is 10.9 Å². The average molecular weight is 126 g/mol. The van der Waals surface area contributed by atoms with Crippen molar-refractivity contribution in [2.45, 2.75) is 0 Å². The monoisotopic (exact) mass is 126 g/mol. The first-order valence-corrected chi connectivity index (χ1v) is 3.00. The van der Waals surface area contributed by atoms with Crippen LogP contribution < -0.4 is 0 Å². The Kier molecular flexibility index (Phi) is 1.14. The Bertz CT molecular complexity index is 276. The largest absolute Gasteiger partial charge is 0.256 e. The van der Waals surface area contributed by atoms with Gasteiger partial charge in [0.1, 0.15) is 0 Å². The molecule has 0 aliphatic rings. The number of fused-ring (bicyclic) bond motifs is 1. The number of pyridine rings is 1. The molecule has 2 aromatic rings. The van der Waals surface area contributed by atoms with Crippen LogP contribution in [0, 0.1) is 18.2 Å². The van der Waals surface area contributed by atoms with Crippen molar-refractivity contribution in [1.82, 2.24) is 4.98 Å². The molecule has 0 atom stereocenters. The van der Waals surface area contributed by atoms with E-state index in [9.17, 15) is 0 Å². The van der Waals surface area contributed by atoms with Gasteiger partial charge in [0.2, 0.25) is 0 Å². The molecule has 3 radical (unpaired) electrons. The SMILES string of the molecule is [c]1[c]cc2nc[c]cc2c1. The van der Waals surface area contributed by atoms with Crippen molar-refractivity contribution in [3.8, 4) is 0 Å². The maximum atomic E-state index is 4.07. The summed E-state index contributed by atoms with van der Waals surface area (Å²) in [4.78, 5) is 4.07. The summed E-state index contributed by atoms with van der Waals surface area (Å²) in [5, 5.41) is 1.06. The molecule has 0 bridgehead atoms. The van der Waals surface area contributed by atoms with E-state index in [1.54, 1.807) is 6.20 Å². The minimum absolute atomic E-state index is 0.942. The van der Waals surface area contributed by atoms with Gasteiger partial charge in [-0.15, -0.1) is 0 Å². The third-order valence-corrected chi connectivity index (χ3v) is 1.33. The molecule has 0 N–H and O–H groups in total. The Morgan fingerprint density at radius 3 is 2.90 bits per heavy atom. The molecule has 0 spiro atoms. The van der Waals surface area contributed by atoms with Gasteiger partial charge in [0.05, 0.1) is 5.52 Å². The molecule has 0 saturated carbocycles. The van der Waals surface area contributed by atoms with Gasteiger partial charge in [-0.1, -0.05) is 0 Å². The molecule has 0 aliphatic carbocycles. The van der Waals surface area contributed by atoms with Crippen molar-refractivity contribution < 1.29 is 0 Å². The van der Waals surface area contributed by atoms with Gasteiger partial charge in [-0.3, -0.25) is 4.98 Å². The summed E-state index contributed by atoms with van der Waals surface area (Å²) in [6, 6.07) is 14.1. The second-order valence-electron chi connectivity index (χ2n) is 1.99. The summed E-state index contributed by atoms with van der Waals surface area (Å²) in [7, 11) is 0. The highest BCUT2D eigenvalue weighted by atomic mass is 14.6. The molecule has 0 amide bonds. The second kappa shape index (κ2) is 2.10. The van der Waals surface area contributed by atoms with Gasteiger partial charge in [-0.2, -0.15) is 0 Å². The topological polar surface area (TPSA) is 12.9 Å². The normalized spacial score (nSPS) is 10.0. The van der Waals surface area contributed by atoms with Crippen molar-refractivity contribution >= 4 is 10.9 Å². The molecule has 1 heterocycles. The number of benzene rings is 1. The summed E-state index contributed by atoms with van der Waals surface area (Å²) in [6.45, 7) is 0. The van der Waals surface area contributed by atoms with E-state index in [2.05, 4.69) is 23.2 Å². The van der Waals surface area contributed by atoms with Crippen LogP contribution >= 0.6 is 0 Å². The fraction of sp³-hybridized carbons (Fsp3) is 0. The van der Waals surface area contributed by atoms with Crippen LogP contribution in [0.2, 0.25) is 0 Å². The minimum atomic E-state index is 0.942. The molecule has 1 aromatic heterocycles. The van der Waals surface area contributed by atoms with Gasteiger partial charge >= 0.3 is 0 Å². The Hall–Kier alpha value is -1.37. The molecule has 0 saturated heterocycles. The fourth-order valence-electron chi connectivity index (χ4n) is 0.848. The predicted octanol–water partition coefficient (Wildman–Crippen LogP) is 1.64. The molecular weight excluding hydrogens is 122 g/mol. The maximum Gasteiger partial charge on any atom is 0.0709 e. The molecule has 0 aliphatic heterocycles. The van der Waals surface area contributed by atoms with Gasteiger partial charge in [-0.05, 0) is 30.3 Å². The zero-order valence-electron chi connectivity index (χ0n) is 5.26. The highest BCUT2D eigenvalue weighted by molar-refractivity contribution is 5.77. The van der Waals surface area contributed by atoms with Crippen LogP contribution in [-0.2, 0) is 0 Å². The first-order chi connectivity index (χ1) is 4.97. The van der Waals surface area contributed by atoms with Crippen molar-refractivity contribution in [1.29, 1.82) is 0 Å². The van der Waals surface area contributed by atoms with Crippen molar-refractivity contribution in [2.75, 3.05) is 0 Å². The first-order valence-electron chi connectivity index (χ1n) is 3.00.